The van der Waals surface area contributed by atoms with Crippen LogP contribution in [0.2, 0.25) is 0 Å². The molecule has 0 bridgehead atoms. The smallest absolute Gasteiger partial charge is 0.165 e. The molecule has 2 aromatic rings. The lowest BCUT2D eigenvalue weighted by molar-refractivity contribution is 0.112. The molecule has 2 nitrogen and oxygen atoms in total. The van der Waals surface area contributed by atoms with Gasteiger partial charge in [0.2, 0.25) is 0 Å². The van der Waals surface area contributed by atoms with Gasteiger partial charge in [0.05, 0.1) is 0 Å². The maximum atomic E-state index is 13.6. The van der Waals surface area contributed by atoms with Crippen molar-refractivity contribution in [2.75, 3.05) is 0 Å². The van der Waals surface area contributed by atoms with Crippen LogP contribution >= 0.6 is 0 Å². The fourth-order valence-corrected chi connectivity index (χ4v) is 1.82. The van der Waals surface area contributed by atoms with E-state index in [-0.39, 0.29) is 5.75 Å². The topological polar surface area (TPSA) is 26.3 Å². The molecule has 0 N–H and O–H groups in total. The zero-order chi connectivity index (χ0) is 13.8. The second kappa shape index (κ2) is 5.65. The predicted molar refractivity (Wildman–Crippen MR) is 72.0 cm³/mol. The minimum absolute atomic E-state index is 0.159. The van der Waals surface area contributed by atoms with Crippen molar-refractivity contribution in [3.8, 4) is 5.75 Å². The van der Waals surface area contributed by atoms with Gasteiger partial charge in [-0.15, -0.1) is 0 Å². The van der Waals surface area contributed by atoms with Gasteiger partial charge in [0.1, 0.15) is 12.9 Å². The molecule has 3 heteroatoms. The second-order valence-corrected chi connectivity index (χ2v) is 4.53. The Labute approximate surface area is 111 Å². The van der Waals surface area contributed by atoms with Gasteiger partial charge in [-0.1, -0.05) is 23.8 Å². The average molecular weight is 258 g/mol. The fourth-order valence-electron chi connectivity index (χ4n) is 1.82. The lowest BCUT2D eigenvalue weighted by atomic mass is 10.1. The first-order chi connectivity index (χ1) is 9.10. The Kier molecular flexibility index (Phi) is 3.95. The van der Waals surface area contributed by atoms with E-state index in [0.717, 1.165) is 16.7 Å². The third kappa shape index (κ3) is 3.19. The van der Waals surface area contributed by atoms with Crippen LogP contribution in [0.25, 0.3) is 0 Å². The molecule has 98 valence electrons. The van der Waals surface area contributed by atoms with Gasteiger partial charge < -0.3 is 4.74 Å². The number of ether oxygens (including phenoxy) is 1. The summed E-state index contributed by atoms with van der Waals surface area (Å²) in [7, 11) is 0. The Balaban J connectivity index is 2.14. The Morgan fingerprint density at radius 3 is 2.63 bits per heavy atom. The van der Waals surface area contributed by atoms with Gasteiger partial charge >= 0.3 is 0 Å². The zero-order valence-corrected chi connectivity index (χ0v) is 10.9. The van der Waals surface area contributed by atoms with Gasteiger partial charge in [0.15, 0.2) is 11.6 Å². The first-order valence-corrected chi connectivity index (χ1v) is 6.04. The molecule has 0 saturated carbocycles. The number of halogens is 1. The average Bonchev–Trinajstić information content (AvgIpc) is 2.40. The molecular weight excluding hydrogens is 243 g/mol. The summed E-state index contributed by atoms with van der Waals surface area (Å²) in [5.74, 6) is -0.360. The SMILES string of the molecule is Cc1ccc(C)c(COc2ccc(C=O)cc2F)c1. The highest BCUT2D eigenvalue weighted by Gasteiger charge is 2.06. The number of carbonyl (C=O) groups excluding carboxylic acids is 1. The maximum absolute atomic E-state index is 13.6. The van der Waals surface area contributed by atoms with E-state index in [0.29, 0.717) is 18.5 Å². The summed E-state index contributed by atoms with van der Waals surface area (Å²) < 4.78 is 19.1. The van der Waals surface area contributed by atoms with Gasteiger partial charge in [-0.25, -0.2) is 4.39 Å². The van der Waals surface area contributed by atoms with E-state index < -0.39 is 5.82 Å². The number of aryl methyl sites for hydroxylation is 2. The molecule has 0 amide bonds. The van der Waals surface area contributed by atoms with Gasteiger partial charge in [-0.3, -0.25) is 4.79 Å². The van der Waals surface area contributed by atoms with Crippen LogP contribution in [0.3, 0.4) is 0 Å². The summed E-state index contributed by atoms with van der Waals surface area (Å²) in [6.45, 7) is 4.30. The molecule has 0 spiro atoms. The number of rotatable bonds is 4. The van der Waals surface area contributed by atoms with E-state index in [9.17, 15) is 9.18 Å². The standard InChI is InChI=1S/C16H15FO2/c1-11-3-4-12(2)14(7-11)10-19-16-6-5-13(9-18)8-15(16)17/h3-9H,10H2,1-2H3. The third-order valence-corrected chi connectivity index (χ3v) is 2.98. The molecule has 0 aliphatic carbocycles. The van der Waals surface area contributed by atoms with E-state index in [4.69, 9.17) is 4.74 Å². The quantitative estimate of drug-likeness (QED) is 0.779. The van der Waals surface area contributed by atoms with E-state index in [1.807, 2.05) is 32.0 Å². The molecule has 0 saturated heterocycles. The molecule has 0 atom stereocenters. The first-order valence-electron chi connectivity index (χ1n) is 6.04. The first kappa shape index (κ1) is 13.3. The highest BCUT2D eigenvalue weighted by atomic mass is 19.1. The molecule has 0 unspecified atom stereocenters. The molecule has 2 rings (SSSR count). The van der Waals surface area contributed by atoms with Gasteiger partial charge in [0.25, 0.3) is 0 Å². The molecule has 0 radical (unpaired) electrons. The Morgan fingerprint density at radius 1 is 1.16 bits per heavy atom. The molecule has 0 heterocycles. The summed E-state index contributed by atoms with van der Waals surface area (Å²) in [5, 5.41) is 0. The summed E-state index contributed by atoms with van der Waals surface area (Å²) in [4.78, 5) is 10.5. The lowest BCUT2D eigenvalue weighted by Crippen LogP contribution is -2.00. The fraction of sp³-hybridized carbons (Fsp3) is 0.188. The van der Waals surface area contributed by atoms with Crippen LogP contribution in [0.15, 0.2) is 36.4 Å². The van der Waals surface area contributed by atoms with Gasteiger partial charge in [-0.2, -0.15) is 0 Å². The summed E-state index contributed by atoms with van der Waals surface area (Å²) >= 11 is 0. The monoisotopic (exact) mass is 258 g/mol. The minimum Gasteiger partial charge on any atom is -0.486 e. The Morgan fingerprint density at radius 2 is 1.95 bits per heavy atom. The molecule has 0 fully saturated rings. The Bertz CT molecular complexity index is 606. The van der Waals surface area contributed by atoms with Crippen molar-refractivity contribution in [1.82, 2.24) is 0 Å². The predicted octanol–water partition coefficient (Wildman–Crippen LogP) is 3.83. The normalized spacial score (nSPS) is 10.3. The van der Waals surface area contributed by atoms with Crippen molar-refractivity contribution in [1.29, 1.82) is 0 Å². The van der Waals surface area contributed by atoms with E-state index in [1.165, 1.54) is 18.2 Å². The van der Waals surface area contributed by atoms with Crippen LogP contribution in [0.4, 0.5) is 4.39 Å². The highest BCUT2D eigenvalue weighted by molar-refractivity contribution is 5.74. The van der Waals surface area contributed by atoms with Gasteiger partial charge in [-0.05, 0) is 43.2 Å². The van der Waals surface area contributed by atoms with Crippen LogP contribution in [-0.2, 0) is 6.61 Å². The molecule has 0 aromatic heterocycles. The molecule has 2 aromatic carbocycles. The lowest BCUT2D eigenvalue weighted by Gasteiger charge is -2.10. The highest BCUT2D eigenvalue weighted by Crippen LogP contribution is 2.20. The summed E-state index contributed by atoms with van der Waals surface area (Å²) in [6.07, 6.45) is 0.609. The van der Waals surface area contributed by atoms with Crippen LogP contribution in [0, 0.1) is 19.7 Å². The second-order valence-electron chi connectivity index (χ2n) is 4.53. The van der Waals surface area contributed by atoms with Crippen molar-refractivity contribution in [2.24, 2.45) is 0 Å². The van der Waals surface area contributed by atoms with Crippen LogP contribution < -0.4 is 4.74 Å². The van der Waals surface area contributed by atoms with E-state index >= 15 is 0 Å². The zero-order valence-electron chi connectivity index (χ0n) is 10.9. The maximum Gasteiger partial charge on any atom is 0.165 e. The van der Waals surface area contributed by atoms with Crippen LogP contribution in [0.5, 0.6) is 5.75 Å². The largest absolute Gasteiger partial charge is 0.486 e. The van der Waals surface area contributed by atoms with E-state index in [1.54, 1.807) is 0 Å². The summed E-state index contributed by atoms with van der Waals surface area (Å²) in [6, 6.07) is 10.2. The van der Waals surface area contributed by atoms with Crippen molar-refractivity contribution >= 4 is 6.29 Å². The molecule has 0 aliphatic heterocycles. The van der Waals surface area contributed by atoms with E-state index in [2.05, 4.69) is 0 Å². The number of aldehydes is 1. The summed E-state index contributed by atoms with van der Waals surface area (Å²) in [5.41, 5.74) is 3.58. The minimum atomic E-state index is -0.519. The van der Waals surface area contributed by atoms with Crippen molar-refractivity contribution in [2.45, 2.75) is 20.5 Å². The van der Waals surface area contributed by atoms with Gasteiger partial charge in [0, 0.05) is 5.56 Å². The van der Waals surface area contributed by atoms with Crippen molar-refractivity contribution in [3.63, 3.8) is 0 Å². The van der Waals surface area contributed by atoms with Crippen molar-refractivity contribution < 1.29 is 13.9 Å². The third-order valence-electron chi connectivity index (χ3n) is 2.98. The van der Waals surface area contributed by atoms with Crippen molar-refractivity contribution in [3.05, 3.63) is 64.5 Å². The van der Waals surface area contributed by atoms with Crippen LogP contribution in [0.1, 0.15) is 27.0 Å². The number of hydrogen-bond donors (Lipinski definition) is 0. The molecular formula is C16H15FO2. The molecule has 19 heavy (non-hydrogen) atoms. The number of carbonyl (C=O) groups is 1. The van der Waals surface area contributed by atoms with Crippen LogP contribution in [-0.4, -0.2) is 6.29 Å². The molecule has 0 aliphatic rings. The number of benzene rings is 2. The number of hydrogen-bond acceptors (Lipinski definition) is 2. The Hall–Kier alpha value is -2.16.